The van der Waals surface area contributed by atoms with Gasteiger partial charge in [0.2, 0.25) is 11.8 Å². The van der Waals surface area contributed by atoms with E-state index >= 15 is 0 Å². The van der Waals surface area contributed by atoms with E-state index in [-0.39, 0.29) is 28.3 Å². The average molecular weight is 424 g/mol. The van der Waals surface area contributed by atoms with E-state index in [1.807, 2.05) is 0 Å². The molecule has 0 fully saturated rings. The Hall–Kier alpha value is -1.45. The quantitative estimate of drug-likeness (QED) is 0.591. The van der Waals surface area contributed by atoms with Gasteiger partial charge in [0.15, 0.2) is 5.75 Å². The number of nitrogens with two attached hydrogens (primary N) is 1. The minimum atomic E-state index is -0.519. The highest BCUT2D eigenvalue weighted by Crippen LogP contribution is 2.40. The molecule has 0 unspecified atom stereocenters. The van der Waals surface area contributed by atoms with Crippen molar-refractivity contribution in [3.05, 3.63) is 42.4 Å². The summed E-state index contributed by atoms with van der Waals surface area (Å²) in [6.45, 7) is 0. The minimum Gasteiger partial charge on any atom is -0.435 e. The Morgan fingerprint density at radius 1 is 1.35 bits per heavy atom. The summed E-state index contributed by atoms with van der Waals surface area (Å²) in [7, 11) is 0. The third-order valence-corrected chi connectivity index (χ3v) is 3.56. The number of rotatable bonds is 3. The lowest BCUT2D eigenvalue weighted by Gasteiger charge is -2.10. The second kappa shape index (κ2) is 5.90. The molecular weight excluding hydrogens is 419 g/mol. The molecule has 10 heteroatoms. The van der Waals surface area contributed by atoms with Gasteiger partial charge < -0.3 is 10.5 Å². The molecule has 7 nitrogen and oxygen atoms in total. The number of halogens is 3. The van der Waals surface area contributed by atoms with E-state index < -0.39 is 4.92 Å². The Morgan fingerprint density at radius 2 is 1.95 bits per heavy atom. The summed E-state index contributed by atoms with van der Waals surface area (Å²) in [5.74, 6) is 0.337. The molecule has 0 aliphatic carbocycles. The summed E-state index contributed by atoms with van der Waals surface area (Å²) in [4.78, 5) is 17.8. The Labute approximate surface area is 134 Å². The maximum atomic E-state index is 10.7. The summed E-state index contributed by atoms with van der Waals surface area (Å²) in [5, 5.41) is 10.9. The van der Waals surface area contributed by atoms with E-state index in [1.165, 1.54) is 18.3 Å². The van der Waals surface area contributed by atoms with Gasteiger partial charge in [-0.1, -0.05) is 11.6 Å². The van der Waals surface area contributed by atoms with Crippen LogP contribution in [-0.2, 0) is 0 Å². The van der Waals surface area contributed by atoms with Crippen molar-refractivity contribution in [2.45, 2.75) is 0 Å². The van der Waals surface area contributed by atoms with Crippen molar-refractivity contribution in [1.29, 1.82) is 0 Å². The first-order valence-corrected chi connectivity index (χ1v) is 6.94. The van der Waals surface area contributed by atoms with Crippen LogP contribution in [-0.4, -0.2) is 14.9 Å². The number of anilines is 1. The number of nitrogens with zero attached hydrogens (tertiary/aromatic N) is 3. The van der Waals surface area contributed by atoms with Gasteiger partial charge in [0.25, 0.3) is 5.69 Å². The van der Waals surface area contributed by atoms with Crippen molar-refractivity contribution in [1.82, 2.24) is 9.97 Å². The molecule has 2 N–H and O–H groups in total. The highest BCUT2D eigenvalue weighted by atomic mass is 79.9. The van der Waals surface area contributed by atoms with Gasteiger partial charge in [-0.05, 0) is 31.9 Å². The van der Waals surface area contributed by atoms with Gasteiger partial charge in [0.1, 0.15) is 5.02 Å². The number of aromatic nitrogens is 2. The molecule has 1 aromatic heterocycles. The molecule has 0 radical (unpaired) electrons. The fourth-order valence-electron chi connectivity index (χ4n) is 1.28. The smallest absolute Gasteiger partial charge is 0.271 e. The van der Waals surface area contributed by atoms with Gasteiger partial charge in [0.05, 0.1) is 20.1 Å². The van der Waals surface area contributed by atoms with Crippen LogP contribution in [0.4, 0.5) is 11.6 Å². The molecule has 0 saturated heterocycles. The van der Waals surface area contributed by atoms with E-state index in [1.54, 1.807) is 0 Å². The van der Waals surface area contributed by atoms with Crippen molar-refractivity contribution in [2.75, 3.05) is 5.73 Å². The van der Waals surface area contributed by atoms with Crippen LogP contribution in [0.25, 0.3) is 0 Å². The van der Waals surface area contributed by atoms with Crippen LogP contribution >= 0.6 is 43.5 Å². The fraction of sp³-hybridized carbons (Fsp3) is 0. The summed E-state index contributed by atoms with van der Waals surface area (Å²) in [6, 6.07) is 2.61. The van der Waals surface area contributed by atoms with Crippen LogP contribution in [0, 0.1) is 10.1 Å². The monoisotopic (exact) mass is 422 g/mol. The van der Waals surface area contributed by atoms with Crippen molar-refractivity contribution in [3.8, 4) is 11.6 Å². The minimum absolute atomic E-state index is 0.00134. The summed E-state index contributed by atoms with van der Waals surface area (Å²) in [6.07, 6.45) is 1.30. The van der Waals surface area contributed by atoms with Crippen molar-refractivity contribution in [3.63, 3.8) is 0 Å². The van der Waals surface area contributed by atoms with Crippen LogP contribution in [0.2, 0.25) is 5.02 Å². The lowest BCUT2D eigenvalue weighted by molar-refractivity contribution is -0.385. The Kier molecular flexibility index (Phi) is 4.41. The zero-order valence-electron chi connectivity index (χ0n) is 9.51. The van der Waals surface area contributed by atoms with Crippen LogP contribution in [0.1, 0.15) is 0 Å². The van der Waals surface area contributed by atoms with E-state index in [2.05, 4.69) is 41.8 Å². The molecule has 1 aromatic carbocycles. The Bertz CT molecular complexity index is 675. The number of hydrogen-bond acceptors (Lipinski definition) is 6. The molecule has 0 spiro atoms. The molecule has 0 bridgehead atoms. The molecule has 1 heterocycles. The van der Waals surface area contributed by atoms with Crippen LogP contribution in [0.3, 0.4) is 0 Å². The van der Waals surface area contributed by atoms with E-state index in [9.17, 15) is 10.1 Å². The number of non-ortho nitro benzene ring substituents is 1. The van der Waals surface area contributed by atoms with Crippen LogP contribution in [0.5, 0.6) is 11.6 Å². The SMILES string of the molecule is Nc1ncc(Cl)c(Oc2c(Br)cc([N+](=O)[O-])cc2Br)n1. The molecular formula is C10H5Br2ClN4O3. The third-order valence-electron chi connectivity index (χ3n) is 2.12. The molecule has 104 valence electrons. The topological polar surface area (TPSA) is 104 Å². The molecule has 0 saturated carbocycles. The summed E-state index contributed by atoms with van der Waals surface area (Å²) < 4.78 is 6.24. The number of ether oxygens (including phenoxy) is 1. The number of nitrogen functional groups attached to an aromatic ring is 1. The van der Waals surface area contributed by atoms with E-state index in [0.29, 0.717) is 8.95 Å². The third kappa shape index (κ3) is 3.17. The number of hydrogen-bond donors (Lipinski definition) is 1. The molecule has 0 aliphatic rings. The Morgan fingerprint density at radius 3 is 2.50 bits per heavy atom. The first-order chi connectivity index (χ1) is 9.38. The van der Waals surface area contributed by atoms with Crippen LogP contribution in [0.15, 0.2) is 27.3 Å². The standard InChI is InChI=1S/C10H5Br2ClN4O3/c11-5-1-4(17(18)19)2-6(12)8(5)20-9-7(13)3-15-10(14)16-9/h1-3H,(H2,14,15,16). The van der Waals surface area contributed by atoms with Gasteiger partial charge in [0, 0.05) is 12.1 Å². The summed E-state index contributed by atoms with van der Waals surface area (Å²) >= 11 is 12.3. The van der Waals surface area contributed by atoms with Gasteiger partial charge in [-0.2, -0.15) is 4.98 Å². The van der Waals surface area contributed by atoms with E-state index in [4.69, 9.17) is 22.1 Å². The molecule has 2 aromatic rings. The molecule has 20 heavy (non-hydrogen) atoms. The van der Waals surface area contributed by atoms with Gasteiger partial charge in [-0.15, -0.1) is 0 Å². The predicted molar refractivity (Wildman–Crippen MR) is 80.0 cm³/mol. The lowest BCUT2D eigenvalue weighted by atomic mass is 10.3. The molecule has 0 aliphatic heterocycles. The fourth-order valence-corrected chi connectivity index (χ4v) is 2.74. The predicted octanol–water partition coefficient (Wildman–Crippen LogP) is 3.94. The molecule has 0 atom stereocenters. The zero-order chi connectivity index (χ0) is 14.9. The maximum Gasteiger partial charge on any atom is 0.271 e. The van der Waals surface area contributed by atoms with Crippen molar-refractivity contribution < 1.29 is 9.66 Å². The van der Waals surface area contributed by atoms with Crippen molar-refractivity contribution >= 4 is 55.1 Å². The molecule has 0 amide bonds. The first kappa shape index (κ1) is 14.9. The largest absolute Gasteiger partial charge is 0.435 e. The number of nitro groups is 1. The van der Waals surface area contributed by atoms with Crippen molar-refractivity contribution in [2.24, 2.45) is 0 Å². The first-order valence-electron chi connectivity index (χ1n) is 4.98. The summed E-state index contributed by atoms with van der Waals surface area (Å²) in [5.41, 5.74) is 5.35. The highest BCUT2D eigenvalue weighted by molar-refractivity contribution is 9.11. The highest BCUT2D eigenvalue weighted by Gasteiger charge is 2.17. The maximum absolute atomic E-state index is 10.7. The van der Waals surface area contributed by atoms with Gasteiger partial charge >= 0.3 is 0 Å². The van der Waals surface area contributed by atoms with E-state index in [0.717, 1.165) is 0 Å². The van der Waals surface area contributed by atoms with Gasteiger partial charge in [-0.3, -0.25) is 10.1 Å². The lowest BCUT2D eigenvalue weighted by Crippen LogP contribution is -1.98. The van der Waals surface area contributed by atoms with Gasteiger partial charge in [-0.25, -0.2) is 4.98 Å². The van der Waals surface area contributed by atoms with Crippen LogP contribution < -0.4 is 10.5 Å². The normalized spacial score (nSPS) is 10.3. The number of benzene rings is 1. The number of nitro benzene ring substituents is 1. The second-order valence-corrected chi connectivity index (χ2v) is 5.59. The second-order valence-electron chi connectivity index (χ2n) is 3.48. The molecule has 2 rings (SSSR count). The average Bonchev–Trinajstić information content (AvgIpc) is 2.37. The zero-order valence-corrected chi connectivity index (χ0v) is 13.4. The Balaban J connectivity index is 2.44.